The monoisotopic (exact) mass is 301 g/mol. The molecule has 0 aliphatic rings. The van der Waals surface area contributed by atoms with Crippen LogP contribution in [0, 0.1) is 0 Å². The minimum Gasteiger partial charge on any atom is -0.408 e. The smallest absolute Gasteiger partial charge is 0.408 e. The first-order chi connectivity index (χ1) is 10.1. The molecule has 21 heavy (non-hydrogen) atoms. The van der Waals surface area contributed by atoms with Gasteiger partial charge in [-0.05, 0) is 35.9 Å². The molecular formula is C14H8ClN3O3. The van der Waals surface area contributed by atoms with E-state index in [2.05, 4.69) is 10.1 Å². The fraction of sp³-hybridized carbons (Fsp3) is 0. The van der Waals surface area contributed by atoms with Crippen LogP contribution in [0.1, 0.15) is 5.56 Å². The molecule has 0 spiro atoms. The van der Waals surface area contributed by atoms with E-state index >= 15 is 0 Å². The Bertz CT molecular complexity index is 945. The molecule has 0 saturated carbocycles. The molecule has 0 unspecified atom stereocenters. The minimum absolute atomic E-state index is 0.171. The van der Waals surface area contributed by atoms with E-state index in [1.165, 1.54) is 24.4 Å². The maximum absolute atomic E-state index is 12.2. The lowest BCUT2D eigenvalue weighted by Gasteiger charge is -2.00. The lowest BCUT2D eigenvalue weighted by molar-refractivity contribution is 0.481. The molecule has 7 heteroatoms. The number of halogens is 1. The van der Waals surface area contributed by atoms with Gasteiger partial charge in [-0.3, -0.25) is 9.78 Å². The van der Waals surface area contributed by atoms with Crippen molar-refractivity contribution >= 4 is 28.8 Å². The predicted molar refractivity (Wildman–Crippen MR) is 79.0 cm³/mol. The Hall–Kier alpha value is -2.73. The van der Waals surface area contributed by atoms with Crippen LogP contribution in [-0.2, 0) is 0 Å². The molecule has 3 rings (SSSR count). The lowest BCUT2D eigenvalue weighted by atomic mass is 10.2. The molecule has 6 nitrogen and oxygen atoms in total. The highest BCUT2D eigenvalue weighted by Crippen LogP contribution is 2.14. The fourth-order valence-electron chi connectivity index (χ4n) is 1.77. The van der Waals surface area contributed by atoms with E-state index in [1.807, 2.05) is 0 Å². The van der Waals surface area contributed by atoms with Gasteiger partial charge >= 0.3 is 5.76 Å². The van der Waals surface area contributed by atoms with Crippen LogP contribution in [0.3, 0.4) is 0 Å². The van der Waals surface area contributed by atoms with E-state index in [-0.39, 0.29) is 11.0 Å². The average Bonchev–Trinajstić information content (AvgIpc) is 2.49. The third-order valence-electron chi connectivity index (χ3n) is 2.76. The molecule has 2 aromatic heterocycles. The molecule has 0 bridgehead atoms. The van der Waals surface area contributed by atoms with Gasteiger partial charge in [0.25, 0.3) is 5.56 Å². The number of hydrogen-bond acceptors (Lipinski definition) is 5. The summed E-state index contributed by atoms with van der Waals surface area (Å²) in [6.45, 7) is 0. The van der Waals surface area contributed by atoms with Crippen molar-refractivity contribution in [3.8, 4) is 0 Å². The van der Waals surface area contributed by atoms with Crippen LogP contribution in [0.4, 0.5) is 0 Å². The van der Waals surface area contributed by atoms with Crippen LogP contribution in [-0.4, -0.2) is 15.9 Å². The van der Waals surface area contributed by atoms with Gasteiger partial charge in [0.2, 0.25) is 0 Å². The molecule has 104 valence electrons. The quantitative estimate of drug-likeness (QED) is 0.677. The zero-order valence-corrected chi connectivity index (χ0v) is 11.3. The van der Waals surface area contributed by atoms with Gasteiger partial charge in [-0.2, -0.15) is 5.10 Å². The molecule has 1 aromatic carbocycles. The van der Waals surface area contributed by atoms with Crippen LogP contribution in [0.2, 0.25) is 5.02 Å². The molecule has 0 aliphatic carbocycles. The average molecular weight is 302 g/mol. The van der Waals surface area contributed by atoms with Crippen molar-refractivity contribution in [3.05, 3.63) is 74.2 Å². The standard InChI is InChI=1S/C14H8ClN3O3/c15-10-1-2-12-11(7-10)13(19)18(14(20)21-12)17-8-9-3-5-16-6-4-9/h1-8H/b17-8+. The Labute approximate surface area is 122 Å². The van der Waals surface area contributed by atoms with Crippen molar-refractivity contribution in [1.82, 2.24) is 9.66 Å². The number of aromatic nitrogens is 2. The predicted octanol–water partition coefficient (Wildman–Crippen LogP) is 1.89. The van der Waals surface area contributed by atoms with Gasteiger partial charge in [0.15, 0.2) is 0 Å². The number of fused-ring (bicyclic) bond motifs is 1. The van der Waals surface area contributed by atoms with E-state index in [1.54, 1.807) is 24.5 Å². The molecule has 3 aromatic rings. The molecule has 0 N–H and O–H groups in total. The number of rotatable bonds is 2. The number of nitrogens with zero attached hydrogens (tertiary/aromatic N) is 3. The maximum atomic E-state index is 12.2. The molecule has 0 radical (unpaired) electrons. The second-order valence-electron chi connectivity index (χ2n) is 4.15. The van der Waals surface area contributed by atoms with Crippen molar-refractivity contribution in [1.29, 1.82) is 0 Å². The third kappa shape index (κ3) is 2.61. The van der Waals surface area contributed by atoms with Gasteiger partial charge in [0.05, 0.1) is 11.6 Å². The molecular weight excluding hydrogens is 294 g/mol. The first-order valence-electron chi connectivity index (χ1n) is 5.95. The molecule has 0 atom stereocenters. The highest BCUT2D eigenvalue weighted by Gasteiger charge is 2.09. The largest absolute Gasteiger partial charge is 0.443 e. The van der Waals surface area contributed by atoms with Crippen molar-refractivity contribution < 1.29 is 4.42 Å². The van der Waals surface area contributed by atoms with E-state index in [9.17, 15) is 9.59 Å². The molecule has 0 amide bonds. The summed E-state index contributed by atoms with van der Waals surface area (Å²) in [4.78, 5) is 27.9. The summed E-state index contributed by atoms with van der Waals surface area (Å²) in [5, 5.41) is 4.42. The second kappa shape index (κ2) is 5.34. The first-order valence-corrected chi connectivity index (χ1v) is 6.33. The van der Waals surface area contributed by atoms with E-state index in [0.29, 0.717) is 15.3 Å². The van der Waals surface area contributed by atoms with Crippen molar-refractivity contribution in [2.75, 3.05) is 0 Å². The SMILES string of the molecule is O=c1oc2ccc(Cl)cc2c(=O)n1/N=C/c1ccncc1. The van der Waals surface area contributed by atoms with Crippen LogP contribution in [0.5, 0.6) is 0 Å². The van der Waals surface area contributed by atoms with Gasteiger partial charge in [0, 0.05) is 17.4 Å². The Kier molecular flexibility index (Phi) is 3.37. The van der Waals surface area contributed by atoms with E-state index < -0.39 is 11.3 Å². The van der Waals surface area contributed by atoms with Crippen molar-refractivity contribution in [2.24, 2.45) is 5.10 Å². The second-order valence-corrected chi connectivity index (χ2v) is 4.59. The van der Waals surface area contributed by atoms with Crippen LogP contribution >= 0.6 is 11.6 Å². The van der Waals surface area contributed by atoms with Gasteiger partial charge in [0.1, 0.15) is 5.58 Å². The van der Waals surface area contributed by atoms with Crippen LogP contribution in [0.25, 0.3) is 11.0 Å². The summed E-state index contributed by atoms with van der Waals surface area (Å²) in [6, 6.07) is 7.82. The van der Waals surface area contributed by atoms with Crippen LogP contribution < -0.4 is 11.3 Å². The zero-order valence-electron chi connectivity index (χ0n) is 10.6. The van der Waals surface area contributed by atoms with E-state index in [0.717, 1.165) is 0 Å². The highest BCUT2D eigenvalue weighted by atomic mass is 35.5. The number of pyridine rings is 1. The van der Waals surface area contributed by atoms with E-state index in [4.69, 9.17) is 16.0 Å². The summed E-state index contributed by atoms with van der Waals surface area (Å²) in [5.74, 6) is -0.861. The molecule has 0 saturated heterocycles. The summed E-state index contributed by atoms with van der Waals surface area (Å²) in [6.07, 6.45) is 4.52. The Morgan fingerprint density at radius 1 is 1.19 bits per heavy atom. The lowest BCUT2D eigenvalue weighted by Crippen LogP contribution is -2.29. The van der Waals surface area contributed by atoms with Crippen molar-refractivity contribution in [3.63, 3.8) is 0 Å². The first kappa shape index (κ1) is 13.3. The summed E-state index contributed by atoms with van der Waals surface area (Å²) < 4.78 is 5.69. The number of benzene rings is 1. The summed E-state index contributed by atoms with van der Waals surface area (Å²) in [7, 11) is 0. The normalized spacial score (nSPS) is 11.3. The topological polar surface area (TPSA) is 77.5 Å². The molecule has 2 heterocycles. The Morgan fingerprint density at radius 2 is 1.95 bits per heavy atom. The van der Waals surface area contributed by atoms with Gasteiger partial charge in [-0.15, -0.1) is 4.68 Å². The fourth-order valence-corrected chi connectivity index (χ4v) is 1.94. The Balaban J connectivity index is 2.17. The Morgan fingerprint density at radius 3 is 2.71 bits per heavy atom. The third-order valence-corrected chi connectivity index (χ3v) is 3.00. The molecule has 0 fully saturated rings. The minimum atomic E-state index is -0.861. The highest BCUT2D eigenvalue weighted by molar-refractivity contribution is 6.31. The van der Waals surface area contributed by atoms with Crippen molar-refractivity contribution in [2.45, 2.75) is 0 Å². The van der Waals surface area contributed by atoms with Gasteiger partial charge in [-0.25, -0.2) is 4.79 Å². The molecule has 0 aliphatic heterocycles. The van der Waals surface area contributed by atoms with Gasteiger partial charge in [-0.1, -0.05) is 11.6 Å². The van der Waals surface area contributed by atoms with Crippen LogP contribution in [0.15, 0.2) is 61.8 Å². The van der Waals surface area contributed by atoms with Gasteiger partial charge < -0.3 is 4.42 Å². The zero-order chi connectivity index (χ0) is 14.8. The summed E-state index contributed by atoms with van der Waals surface area (Å²) in [5.41, 5.74) is 0.279. The summed E-state index contributed by atoms with van der Waals surface area (Å²) >= 11 is 5.84. The maximum Gasteiger partial charge on any atom is 0.443 e. The number of hydrogen-bond donors (Lipinski definition) is 0.